The number of benzene rings is 2. The van der Waals surface area contributed by atoms with Crippen LogP contribution >= 0.6 is 0 Å². The first-order chi connectivity index (χ1) is 26.5. The zero-order chi connectivity index (χ0) is 39.0. The van der Waals surface area contributed by atoms with Crippen LogP contribution in [0.3, 0.4) is 0 Å². The van der Waals surface area contributed by atoms with Gasteiger partial charge in [0.1, 0.15) is 36.6 Å². The average Bonchev–Trinajstić information content (AvgIpc) is 3.84. The van der Waals surface area contributed by atoms with E-state index in [1.165, 1.54) is 24.5 Å². The summed E-state index contributed by atoms with van der Waals surface area (Å²) in [5, 5.41) is 68.1. The van der Waals surface area contributed by atoms with Gasteiger partial charge in [0, 0.05) is 41.5 Å². The molecule has 288 valence electrons. The highest BCUT2D eigenvalue weighted by atomic mass is 16.6. The van der Waals surface area contributed by atoms with E-state index in [9.17, 15) is 49.8 Å². The van der Waals surface area contributed by atoms with Crippen molar-refractivity contribution in [3.05, 3.63) is 138 Å². The smallest absolute Gasteiger partial charge is 0.333 e. The van der Waals surface area contributed by atoms with Gasteiger partial charge in [0.05, 0.1) is 43.2 Å². The SMILES string of the molecule is O=c1ccn([C@@H]2O[C@H](CO)C(O)[C@@H]2O)c(=O)n1Cc1[nH]nc2ccccc12.O=c1ccn([C@@H]2O[C@H](CO)C(O)[C@@H]2O)c(=O)n1Cc1nccc2ccccc12. The second-order valence-electron chi connectivity index (χ2n) is 13.0. The van der Waals surface area contributed by atoms with Crippen LogP contribution in [-0.4, -0.2) is 114 Å². The Morgan fingerprint density at radius 3 is 1.73 bits per heavy atom. The second kappa shape index (κ2) is 15.6. The molecule has 55 heavy (non-hydrogen) atoms. The number of aromatic amines is 1. The molecular weight excluding hydrogens is 722 g/mol. The zero-order valence-electron chi connectivity index (χ0n) is 28.8. The Morgan fingerprint density at radius 1 is 0.636 bits per heavy atom. The van der Waals surface area contributed by atoms with Gasteiger partial charge in [-0.05, 0) is 17.5 Å². The van der Waals surface area contributed by atoms with E-state index in [0.29, 0.717) is 16.9 Å². The number of hydrogen-bond donors (Lipinski definition) is 7. The van der Waals surface area contributed by atoms with Gasteiger partial charge in [-0.3, -0.25) is 37.9 Å². The lowest BCUT2D eigenvalue weighted by atomic mass is 10.1. The molecule has 4 aromatic heterocycles. The van der Waals surface area contributed by atoms with Crippen LogP contribution in [-0.2, 0) is 22.6 Å². The highest BCUT2D eigenvalue weighted by Gasteiger charge is 2.45. The molecular formula is C36H37N7O12. The van der Waals surface area contributed by atoms with Gasteiger partial charge in [0.25, 0.3) is 11.1 Å². The fourth-order valence-corrected chi connectivity index (χ4v) is 6.71. The van der Waals surface area contributed by atoms with Crippen molar-refractivity contribution in [1.82, 2.24) is 33.4 Å². The zero-order valence-corrected chi connectivity index (χ0v) is 28.8. The third-order valence-corrected chi connectivity index (χ3v) is 9.69. The lowest BCUT2D eigenvalue weighted by Gasteiger charge is -2.18. The number of para-hydroxylation sites is 1. The first kappa shape index (κ1) is 37.7. The summed E-state index contributed by atoms with van der Waals surface area (Å²) in [5.41, 5.74) is -0.627. The number of aromatic nitrogens is 7. The number of aliphatic hydroxyl groups is 6. The van der Waals surface area contributed by atoms with Crippen molar-refractivity contribution in [3.8, 4) is 0 Å². The fraction of sp³-hybridized carbons (Fsp3) is 0.333. The minimum atomic E-state index is -1.42. The van der Waals surface area contributed by atoms with E-state index in [4.69, 9.17) is 9.47 Å². The molecule has 2 fully saturated rings. The van der Waals surface area contributed by atoms with Gasteiger partial charge >= 0.3 is 11.4 Å². The molecule has 2 unspecified atom stereocenters. The van der Waals surface area contributed by atoms with Crippen LogP contribution in [0.25, 0.3) is 21.7 Å². The van der Waals surface area contributed by atoms with Crippen LogP contribution in [0, 0.1) is 0 Å². The molecule has 7 N–H and O–H groups in total. The number of ether oxygens (including phenoxy) is 2. The van der Waals surface area contributed by atoms with Crippen molar-refractivity contribution in [1.29, 1.82) is 0 Å². The van der Waals surface area contributed by atoms with Crippen LogP contribution in [0.2, 0.25) is 0 Å². The average molecular weight is 760 g/mol. The molecule has 19 heteroatoms. The van der Waals surface area contributed by atoms with Crippen molar-refractivity contribution in [2.24, 2.45) is 0 Å². The maximum Gasteiger partial charge on any atom is 0.333 e. The monoisotopic (exact) mass is 759 g/mol. The molecule has 0 spiro atoms. The molecule has 8 rings (SSSR count). The summed E-state index contributed by atoms with van der Waals surface area (Å²) in [4.78, 5) is 54.7. The number of nitrogens with one attached hydrogen (secondary N) is 1. The van der Waals surface area contributed by atoms with Crippen LogP contribution < -0.4 is 22.5 Å². The Morgan fingerprint density at radius 2 is 1.16 bits per heavy atom. The van der Waals surface area contributed by atoms with Gasteiger partial charge < -0.3 is 40.1 Å². The molecule has 19 nitrogen and oxygen atoms in total. The lowest BCUT2D eigenvalue weighted by molar-refractivity contribution is -0.0555. The van der Waals surface area contributed by atoms with Crippen molar-refractivity contribution >= 4 is 21.7 Å². The number of aliphatic hydroxyl groups excluding tert-OH is 6. The summed E-state index contributed by atoms with van der Waals surface area (Å²) in [6, 6.07) is 19.0. The molecule has 6 aromatic rings. The Labute approximate surface area is 308 Å². The third kappa shape index (κ3) is 7.06. The number of pyridine rings is 1. The van der Waals surface area contributed by atoms with Gasteiger partial charge in [-0.1, -0.05) is 42.5 Å². The molecule has 6 heterocycles. The maximum atomic E-state index is 12.9. The van der Waals surface area contributed by atoms with E-state index in [2.05, 4.69) is 15.2 Å². The topological polar surface area (TPSA) is 269 Å². The number of rotatable bonds is 8. The molecule has 0 aliphatic carbocycles. The quantitative estimate of drug-likeness (QED) is 0.0866. The Hall–Kier alpha value is -5.64. The van der Waals surface area contributed by atoms with Gasteiger partial charge in [-0.2, -0.15) is 5.10 Å². The van der Waals surface area contributed by atoms with Crippen molar-refractivity contribution < 1.29 is 40.1 Å². The highest BCUT2D eigenvalue weighted by Crippen LogP contribution is 2.29. The van der Waals surface area contributed by atoms with E-state index in [0.717, 1.165) is 34.4 Å². The van der Waals surface area contributed by atoms with Gasteiger partial charge in [-0.25, -0.2) is 9.59 Å². The van der Waals surface area contributed by atoms with Crippen molar-refractivity contribution in [2.45, 2.75) is 62.2 Å². The molecule has 2 aromatic carbocycles. The molecule has 0 radical (unpaired) electrons. The van der Waals surface area contributed by atoms with Crippen LogP contribution in [0.1, 0.15) is 23.8 Å². The van der Waals surface area contributed by atoms with Gasteiger partial charge in [0.2, 0.25) is 0 Å². The minimum Gasteiger partial charge on any atom is -0.394 e. The van der Waals surface area contributed by atoms with E-state index >= 15 is 0 Å². The van der Waals surface area contributed by atoms with E-state index in [1.807, 2.05) is 48.5 Å². The van der Waals surface area contributed by atoms with E-state index < -0.39 is 84.8 Å². The molecule has 8 atom stereocenters. The largest absolute Gasteiger partial charge is 0.394 e. The Balaban J connectivity index is 0.000000169. The van der Waals surface area contributed by atoms with E-state index in [-0.39, 0.29) is 13.1 Å². The fourth-order valence-electron chi connectivity index (χ4n) is 6.71. The maximum absolute atomic E-state index is 12.9. The summed E-state index contributed by atoms with van der Waals surface area (Å²) >= 11 is 0. The van der Waals surface area contributed by atoms with Crippen molar-refractivity contribution in [3.63, 3.8) is 0 Å². The summed E-state index contributed by atoms with van der Waals surface area (Å²) < 4.78 is 14.8. The Kier molecular flexibility index (Phi) is 10.7. The summed E-state index contributed by atoms with van der Waals surface area (Å²) in [7, 11) is 0. The number of hydrogen-bond acceptors (Lipinski definition) is 14. The van der Waals surface area contributed by atoms with Crippen LogP contribution in [0.15, 0.2) is 104 Å². The highest BCUT2D eigenvalue weighted by molar-refractivity contribution is 5.84. The summed E-state index contributed by atoms with van der Waals surface area (Å²) in [5.74, 6) is 0. The molecule has 2 aliphatic rings. The first-order valence-electron chi connectivity index (χ1n) is 17.2. The number of fused-ring (bicyclic) bond motifs is 2. The standard InChI is InChI=1S/C19H19N3O6.C17H18N4O6/c23-10-14-16(25)17(26)18(28-14)21-8-6-15(24)22(19(21)27)9-13-12-4-2-1-3-11(12)5-7-20-13;22-8-12-14(24)15(25)16(27-12)20-6-5-13(23)21(17(20)26)7-11-9-3-1-2-4-10(9)18-19-11/h1-8,14,16-18,23,25-26H,9-10H2;1-6,12,14-16,22,24-25H,7-8H2,(H,18,19)/t14-,16?,17+,18-;12-,14?,15+,16-/m11/s1. The molecule has 0 saturated carbocycles. The predicted molar refractivity (Wildman–Crippen MR) is 192 cm³/mol. The number of nitrogens with zero attached hydrogens (tertiary/aromatic N) is 6. The van der Waals surface area contributed by atoms with Crippen LogP contribution in [0.4, 0.5) is 0 Å². The van der Waals surface area contributed by atoms with Crippen molar-refractivity contribution in [2.75, 3.05) is 13.2 Å². The van der Waals surface area contributed by atoms with Gasteiger partial charge in [-0.15, -0.1) is 0 Å². The second-order valence-corrected chi connectivity index (χ2v) is 13.0. The molecule has 2 saturated heterocycles. The third-order valence-electron chi connectivity index (χ3n) is 9.69. The molecule has 0 bridgehead atoms. The number of H-pyrrole nitrogens is 1. The normalized spacial score (nSPS) is 25.0. The summed E-state index contributed by atoms with van der Waals surface area (Å²) in [6.45, 7) is -1.13. The first-order valence-corrected chi connectivity index (χ1v) is 17.2. The van der Waals surface area contributed by atoms with E-state index in [1.54, 1.807) is 12.3 Å². The lowest BCUT2D eigenvalue weighted by Crippen LogP contribution is -2.43. The molecule has 2 aliphatic heterocycles. The van der Waals surface area contributed by atoms with Gasteiger partial charge in [0.15, 0.2) is 12.5 Å². The minimum absolute atomic E-state index is 0.0478. The Bertz CT molecular complexity index is 2560. The summed E-state index contributed by atoms with van der Waals surface area (Å²) in [6.07, 6.45) is -5.98. The predicted octanol–water partition coefficient (Wildman–Crippen LogP) is -2.24. The molecule has 0 amide bonds. The van der Waals surface area contributed by atoms with Crippen LogP contribution in [0.5, 0.6) is 0 Å².